The molecule has 0 radical (unpaired) electrons. The van der Waals surface area contributed by atoms with Gasteiger partial charge in [-0.3, -0.25) is 24.0 Å². The van der Waals surface area contributed by atoms with E-state index in [9.17, 15) is 80.1 Å². The number of amides is 5. The van der Waals surface area contributed by atoms with Crippen LogP contribution in [0.1, 0.15) is 96.8 Å². The summed E-state index contributed by atoms with van der Waals surface area (Å²) in [6.07, 6.45) is -22.4. The molecule has 1 aromatic rings. The van der Waals surface area contributed by atoms with Crippen LogP contribution in [0.5, 0.6) is 5.75 Å². The smallest absolute Gasteiger partial charge is 0.251 e. The maximum absolute atomic E-state index is 13.9. The molecule has 6 rings (SSSR count). The summed E-state index contributed by atoms with van der Waals surface area (Å²) in [4.78, 5) is 64.3. The van der Waals surface area contributed by atoms with Crippen LogP contribution < -0.4 is 31.3 Å². The highest BCUT2D eigenvalue weighted by molar-refractivity contribution is 5.94. The molecular formula is C57H91N5O26. The summed E-state index contributed by atoms with van der Waals surface area (Å²) in [6.45, 7) is 3.96. The summed E-state index contributed by atoms with van der Waals surface area (Å²) < 4.78 is 60.6. The molecule has 13 unspecified atom stereocenters. The third-order valence-electron chi connectivity index (χ3n) is 15.8. The Bertz CT molecular complexity index is 2400. The topological polar surface area (TPSA) is 460 Å². The SMILES string of the molecule is CCCCCC/C=C\CCCOc1cccc(C(=O)N[C@@H]2C(O[C@H]3C(O)C(NC(C)=O)C(OC4C(CO)O[C@@H](O[C@H]5C(O)C(NC(C)=O)C(OC6C(CO)OC(C)[C@@H](NC(C)=O)[C@H]6O)O[C@H]5CO)[C@@H](NC(C)=O)[C@H]4O)O[C@H]3CO)OC(CO)[C@@H](O)[C@@H]2O)c1. The van der Waals surface area contributed by atoms with Gasteiger partial charge in [0.25, 0.3) is 5.91 Å². The molecular weight excluding hydrogens is 1170 g/mol. The van der Waals surface area contributed by atoms with Crippen LogP contribution in [0.15, 0.2) is 36.4 Å². The van der Waals surface area contributed by atoms with Gasteiger partial charge in [0, 0.05) is 33.3 Å². The van der Waals surface area contributed by atoms with Crippen molar-refractivity contribution in [2.24, 2.45) is 0 Å². The third-order valence-corrected chi connectivity index (χ3v) is 15.8. The highest BCUT2D eigenvalue weighted by atomic mass is 16.8. The first-order chi connectivity index (χ1) is 42.0. The lowest BCUT2D eigenvalue weighted by molar-refractivity contribution is -0.366. The standard InChI is InChI=1S/C57H91N5O26/c1-7-8-9-10-11-12-13-14-15-19-79-32-18-16-17-31(20-32)53(78)62-39-44(73)43(72)33(21-63)81-54(39)86-50-35(23-65)83-56(41(46(50)75)60-29(5)70)88-52-37(25-67)84-57(42(48(52)77)61-30(6)71)87-51-36(24-66)82-55(40(47(51)76)59-28(4)69)85-49-34(22-64)80-26(2)38(45(49)74)58-27(3)68/h12-13,16-18,20,26,33-52,54-57,63-67,72-77H,7-11,14-15,19,21-25H2,1-6H3,(H,58,68)(H,59,69)(H,60,70)(H,61,71)(H,62,78)/b13-12-/t26?,33?,34?,35-,36-,37?,38+,39-,40?,41?,42-,43+,44+,45+,46?,47?,48+,49?,50+,51+,52?,54?,55?,56?,57-/m0/s1. The van der Waals surface area contributed by atoms with Crippen LogP contribution in [-0.4, -0.2) is 278 Å². The second-order valence-corrected chi connectivity index (χ2v) is 22.6. The Morgan fingerprint density at radius 2 is 0.841 bits per heavy atom. The first kappa shape index (κ1) is 72.4. The number of hydrogen-bond donors (Lipinski definition) is 16. The Morgan fingerprint density at radius 1 is 0.466 bits per heavy atom. The number of carbonyl (C=O) groups excluding carboxylic acids is 5. The van der Waals surface area contributed by atoms with Crippen molar-refractivity contribution >= 4 is 29.5 Å². The number of allylic oxidation sites excluding steroid dienone is 2. The normalized spacial score (nSPS) is 37.8. The summed E-state index contributed by atoms with van der Waals surface area (Å²) in [7, 11) is 0. The fraction of sp³-hybridized carbons (Fsp3) is 0.772. The van der Waals surface area contributed by atoms with Gasteiger partial charge in [0.1, 0.15) is 121 Å². The van der Waals surface area contributed by atoms with Crippen molar-refractivity contribution in [2.75, 3.05) is 39.6 Å². The van der Waals surface area contributed by atoms with E-state index >= 15 is 0 Å². The molecule has 16 N–H and O–H groups in total. The first-order valence-corrected chi connectivity index (χ1v) is 29.8. The monoisotopic (exact) mass is 1260 g/mol. The van der Waals surface area contributed by atoms with E-state index in [1.807, 2.05) is 0 Å². The zero-order valence-corrected chi connectivity index (χ0v) is 50.1. The summed E-state index contributed by atoms with van der Waals surface area (Å²) in [5.41, 5.74) is 0.0635. The van der Waals surface area contributed by atoms with Crippen molar-refractivity contribution in [1.82, 2.24) is 26.6 Å². The summed E-state index contributed by atoms with van der Waals surface area (Å²) in [5, 5.41) is 135. The highest BCUT2D eigenvalue weighted by Gasteiger charge is 2.57. The molecule has 5 fully saturated rings. The Balaban J connectivity index is 1.18. The van der Waals surface area contributed by atoms with Crippen molar-refractivity contribution in [3.05, 3.63) is 42.0 Å². The van der Waals surface area contributed by atoms with E-state index in [1.54, 1.807) is 12.1 Å². The minimum atomic E-state index is -2.01. The van der Waals surface area contributed by atoms with Gasteiger partial charge in [-0.25, -0.2) is 0 Å². The fourth-order valence-electron chi connectivity index (χ4n) is 11.4. The number of carbonyl (C=O) groups is 5. The number of ether oxygens (including phenoxy) is 10. The van der Waals surface area contributed by atoms with Crippen LogP contribution in [0.2, 0.25) is 0 Å². The Morgan fingerprint density at radius 3 is 1.25 bits per heavy atom. The molecule has 5 saturated heterocycles. The predicted molar refractivity (Wildman–Crippen MR) is 301 cm³/mol. The van der Waals surface area contributed by atoms with Crippen LogP contribution in [0, 0.1) is 0 Å². The van der Waals surface area contributed by atoms with Gasteiger partial charge >= 0.3 is 0 Å². The number of aliphatic hydroxyl groups is 11. The lowest BCUT2D eigenvalue weighted by Gasteiger charge is -2.51. The largest absolute Gasteiger partial charge is 0.494 e. The van der Waals surface area contributed by atoms with Crippen LogP contribution in [0.4, 0.5) is 0 Å². The van der Waals surface area contributed by atoms with Crippen LogP contribution in [0.25, 0.3) is 0 Å². The van der Waals surface area contributed by atoms with E-state index in [0.717, 1.165) is 40.0 Å². The third kappa shape index (κ3) is 18.7. The molecule has 0 saturated carbocycles. The average molecular weight is 1260 g/mol. The molecule has 0 bridgehead atoms. The molecule has 5 amide bonds. The Kier molecular flexibility index (Phi) is 28.5. The van der Waals surface area contributed by atoms with Crippen molar-refractivity contribution in [3.63, 3.8) is 0 Å². The number of nitrogens with one attached hydrogen (secondary N) is 5. The van der Waals surface area contributed by atoms with E-state index < -0.39 is 216 Å². The van der Waals surface area contributed by atoms with Crippen LogP contribution in [-0.2, 0) is 61.8 Å². The number of aliphatic hydroxyl groups excluding tert-OH is 11. The van der Waals surface area contributed by atoms with Gasteiger partial charge in [0.15, 0.2) is 25.2 Å². The molecule has 1 aromatic carbocycles. The molecule has 5 aliphatic rings. The first-order valence-electron chi connectivity index (χ1n) is 29.8. The molecule has 88 heavy (non-hydrogen) atoms. The van der Waals surface area contributed by atoms with Crippen LogP contribution in [0.3, 0.4) is 0 Å². The lowest BCUT2D eigenvalue weighted by atomic mass is 9.92. The maximum Gasteiger partial charge on any atom is 0.251 e. The molecule has 0 aliphatic carbocycles. The molecule has 0 spiro atoms. The van der Waals surface area contributed by atoms with Crippen molar-refractivity contribution in [3.8, 4) is 5.75 Å². The quantitative estimate of drug-likeness (QED) is 0.0263. The summed E-state index contributed by atoms with van der Waals surface area (Å²) in [5.74, 6) is -3.30. The molecule has 500 valence electrons. The zero-order valence-electron chi connectivity index (χ0n) is 50.1. The number of unbranched alkanes of at least 4 members (excludes halogenated alkanes) is 5. The van der Waals surface area contributed by atoms with E-state index in [4.69, 9.17) is 47.4 Å². The minimum absolute atomic E-state index is 0.0635. The Labute approximate surface area is 509 Å². The average Bonchev–Trinajstić information content (AvgIpc) is 1.44. The molecule has 31 nitrogen and oxygen atoms in total. The van der Waals surface area contributed by atoms with Gasteiger partial charge < -0.3 is 130 Å². The summed E-state index contributed by atoms with van der Waals surface area (Å²) >= 11 is 0. The number of hydrogen-bond acceptors (Lipinski definition) is 26. The highest BCUT2D eigenvalue weighted by Crippen LogP contribution is 2.36. The molecule has 0 aromatic heterocycles. The van der Waals surface area contributed by atoms with Gasteiger partial charge in [-0.15, -0.1) is 0 Å². The minimum Gasteiger partial charge on any atom is -0.494 e. The predicted octanol–water partition coefficient (Wildman–Crippen LogP) is -5.16. The van der Waals surface area contributed by atoms with Gasteiger partial charge in [-0.1, -0.05) is 44.4 Å². The molecule has 5 heterocycles. The van der Waals surface area contributed by atoms with Crippen molar-refractivity contribution < 1.29 is 128 Å². The van der Waals surface area contributed by atoms with Gasteiger partial charge in [0.05, 0.1) is 51.8 Å². The van der Waals surface area contributed by atoms with E-state index in [1.165, 1.54) is 45.2 Å². The van der Waals surface area contributed by atoms with E-state index in [0.29, 0.717) is 18.8 Å². The van der Waals surface area contributed by atoms with Gasteiger partial charge in [-0.05, 0) is 50.8 Å². The molecule has 31 heteroatoms. The van der Waals surface area contributed by atoms with Gasteiger partial charge in [-0.2, -0.15) is 0 Å². The van der Waals surface area contributed by atoms with E-state index in [-0.39, 0.29) is 5.56 Å². The second-order valence-electron chi connectivity index (χ2n) is 22.6. The van der Waals surface area contributed by atoms with E-state index in [2.05, 4.69) is 45.7 Å². The lowest BCUT2D eigenvalue weighted by Crippen LogP contribution is -2.72. The van der Waals surface area contributed by atoms with Crippen molar-refractivity contribution in [1.29, 1.82) is 0 Å². The molecule has 5 aliphatic heterocycles. The number of rotatable bonds is 29. The maximum atomic E-state index is 13.9. The zero-order chi connectivity index (χ0) is 64.5. The summed E-state index contributed by atoms with van der Waals surface area (Å²) in [6, 6.07) is -1.61. The fourth-order valence-corrected chi connectivity index (χ4v) is 11.4. The second kappa shape index (κ2) is 34.7. The van der Waals surface area contributed by atoms with Gasteiger partial charge in [0.2, 0.25) is 23.6 Å². The van der Waals surface area contributed by atoms with Crippen LogP contribution >= 0.6 is 0 Å². The van der Waals surface area contributed by atoms with Crippen molar-refractivity contribution in [2.45, 2.75) is 240 Å². The number of benzene rings is 1. The Hall–Kier alpha value is -4.69. The molecule has 25 atom stereocenters.